The molecule has 6 heteroatoms. The molecule has 0 aromatic heterocycles. The normalized spacial score (nSPS) is 15.4. The zero-order valence-electron chi connectivity index (χ0n) is 23.9. The molecule has 0 aromatic rings. The van der Waals surface area contributed by atoms with Gasteiger partial charge in [0.15, 0.2) is 0 Å². The molecule has 1 heterocycles. The van der Waals surface area contributed by atoms with Crippen LogP contribution >= 0.6 is 0 Å². The van der Waals surface area contributed by atoms with Crippen LogP contribution < -0.4 is 5.32 Å². The maximum Gasteiger partial charge on any atom is 0.330 e. The van der Waals surface area contributed by atoms with Gasteiger partial charge in [0, 0.05) is 38.2 Å². The molecular formula is C33H48N2O4. The van der Waals surface area contributed by atoms with E-state index in [0.717, 1.165) is 77.0 Å². The Kier molecular flexibility index (Phi) is 20.4. The van der Waals surface area contributed by atoms with Crippen LogP contribution in [0.3, 0.4) is 0 Å². The molecule has 39 heavy (non-hydrogen) atoms. The summed E-state index contributed by atoms with van der Waals surface area (Å²) in [5.74, 6) is -0.331. The number of hydrogen-bond donors (Lipinski definition) is 1. The summed E-state index contributed by atoms with van der Waals surface area (Å²) in [5.41, 5.74) is 0. The number of carbonyl (C=O) groups is 3. The first-order valence-corrected chi connectivity index (χ1v) is 14.3. The van der Waals surface area contributed by atoms with Gasteiger partial charge in [-0.25, -0.2) is 4.79 Å². The summed E-state index contributed by atoms with van der Waals surface area (Å²) in [6.45, 7) is 4.14. The molecule has 0 radical (unpaired) electrons. The van der Waals surface area contributed by atoms with Crippen molar-refractivity contribution in [3.8, 4) is 0 Å². The van der Waals surface area contributed by atoms with Gasteiger partial charge in [-0.3, -0.25) is 9.59 Å². The number of likely N-dealkylation sites (tertiary alicyclic amines) is 1. The maximum atomic E-state index is 12.5. The molecule has 0 aromatic carbocycles. The van der Waals surface area contributed by atoms with Gasteiger partial charge < -0.3 is 15.0 Å². The second-order valence-corrected chi connectivity index (χ2v) is 9.38. The molecule has 0 spiro atoms. The number of esters is 1. The highest BCUT2D eigenvalue weighted by Gasteiger charge is 2.22. The molecule has 0 aliphatic carbocycles. The van der Waals surface area contributed by atoms with Gasteiger partial charge in [-0.15, -0.1) is 0 Å². The van der Waals surface area contributed by atoms with E-state index in [2.05, 4.69) is 89.9 Å². The molecule has 214 valence electrons. The number of amides is 2. The van der Waals surface area contributed by atoms with Gasteiger partial charge in [-0.05, 0) is 63.7 Å². The third-order valence-electron chi connectivity index (χ3n) is 6.23. The Hall–Kier alpha value is -3.41. The van der Waals surface area contributed by atoms with E-state index in [1.807, 2.05) is 4.90 Å². The van der Waals surface area contributed by atoms with E-state index in [9.17, 15) is 14.4 Å². The Morgan fingerprint density at radius 1 is 0.744 bits per heavy atom. The van der Waals surface area contributed by atoms with E-state index in [1.165, 1.54) is 13.2 Å². The molecule has 1 fully saturated rings. The molecule has 1 saturated heterocycles. The van der Waals surface area contributed by atoms with Crippen LogP contribution in [0.2, 0.25) is 0 Å². The second kappa shape index (κ2) is 23.7. The number of ether oxygens (including phenoxy) is 1. The molecular weight excluding hydrogens is 488 g/mol. The largest absolute Gasteiger partial charge is 0.466 e. The Morgan fingerprint density at radius 2 is 1.23 bits per heavy atom. The van der Waals surface area contributed by atoms with E-state index < -0.39 is 5.97 Å². The van der Waals surface area contributed by atoms with E-state index in [4.69, 9.17) is 0 Å². The molecule has 0 atom stereocenters. The van der Waals surface area contributed by atoms with Crippen molar-refractivity contribution in [3.05, 3.63) is 85.1 Å². The first-order chi connectivity index (χ1) is 19.1. The average molecular weight is 537 g/mol. The molecule has 2 amide bonds. The van der Waals surface area contributed by atoms with Gasteiger partial charge in [0.25, 0.3) is 0 Å². The van der Waals surface area contributed by atoms with E-state index in [-0.39, 0.29) is 11.8 Å². The first-order valence-electron chi connectivity index (χ1n) is 14.3. The topological polar surface area (TPSA) is 75.7 Å². The van der Waals surface area contributed by atoms with Gasteiger partial charge in [0.1, 0.15) is 0 Å². The lowest BCUT2D eigenvalue weighted by molar-refractivity contribution is -0.135. The van der Waals surface area contributed by atoms with Crippen LogP contribution in [0.4, 0.5) is 0 Å². The Bertz CT molecular complexity index is 901. The average Bonchev–Trinajstić information content (AvgIpc) is 2.96. The van der Waals surface area contributed by atoms with Gasteiger partial charge in [-0.2, -0.15) is 0 Å². The summed E-state index contributed by atoms with van der Waals surface area (Å²) in [5, 5.41) is 2.80. The second-order valence-electron chi connectivity index (χ2n) is 9.38. The minimum absolute atomic E-state index is 0.193. The lowest BCUT2D eigenvalue weighted by atomic mass is 9.96. The van der Waals surface area contributed by atoms with Crippen molar-refractivity contribution in [2.75, 3.05) is 26.7 Å². The Labute approximate surface area is 235 Å². The molecule has 0 unspecified atom stereocenters. The minimum atomic E-state index is -0.555. The van der Waals surface area contributed by atoms with Crippen molar-refractivity contribution in [1.82, 2.24) is 10.2 Å². The quantitative estimate of drug-likeness (QED) is 0.122. The summed E-state index contributed by atoms with van der Waals surface area (Å²) in [6, 6.07) is 0. The fourth-order valence-electron chi connectivity index (χ4n) is 3.91. The molecule has 1 rings (SSSR count). The van der Waals surface area contributed by atoms with Crippen molar-refractivity contribution in [2.45, 2.75) is 71.1 Å². The predicted octanol–water partition coefficient (Wildman–Crippen LogP) is 6.55. The smallest absolute Gasteiger partial charge is 0.330 e. The fourth-order valence-corrected chi connectivity index (χ4v) is 3.91. The van der Waals surface area contributed by atoms with Crippen molar-refractivity contribution in [1.29, 1.82) is 0 Å². The van der Waals surface area contributed by atoms with Gasteiger partial charge in [0.2, 0.25) is 11.8 Å². The van der Waals surface area contributed by atoms with Crippen LogP contribution in [0.25, 0.3) is 0 Å². The summed E-state index contributed by atoms with van der Waals surface area (Å²) in [7, 11) is 1.27. The molecule has 0 bridgehead atoms. The molecule has 6 nitrogen and oxygen atoms in total. The number of carbonyl (C=O) groups excluding carboxylic acids is 3. The standard InChI is InChI=1S/C33H48N2O4/c1-3-4-5-6-7-8-9-10-11-12-13-14-15-16-17-18-19-20-21-22-32(37)35-27-25-30(26-28-35)29-34-31(36)23-24-33(38)39-2/h4-5,7-8,10-11,13-14,16-17,19-20,23-24,30H,3,6,9,12,15,18,21-22,25-29H2,1-2H3,(H,34,36)/b5-4-,8-7-,11-10-,14-13-,17-16-,20-19-,24-23+. The summed E-state index contributed by atoms with van der Waals surface area (Å²) in [6.07, 6.45) is 37.3. The fraction of sp³-hybridized carbons (Fsp3) is 0.485. The Morgan fingerprint density at radius 3 is 1.72 bits per heavy atom. The highest BCUT2D eigenvalue weighted by Crippen LogP contribution is 2.17. The highest BCUT2D eigenvalue weighted by molar-refractivity contribution is 5.94. The van der Waals surface area contributed by atoms with Crippen LogP contribution in [0, 0.1) is 5.92 Å². The Balaban J connectivity index is 2.06. The lowest BCUT2D eigenvalue weighted by Gasteiger charge is -2.32. The summed E-state index contributed by atoms with van der Waals surface area (Å²) < 4.78 is 4.46. The van der Waals surface area contributed by atoms with Crippen LogP contribution in [0.5, 0.6) is 0 Å². The number of piperidine rings is 1. The summed E-state index contributed by atoms with van der Waals surface area (Å²) >= 11 is 0. The first kappa shape index (κ1) is 33.6. The molecule has 1 aliphatic heterocycles. The number of nitrogens with zero attached hydrogens (tertiary/aromatic N) is 1. The van der Waals surface area contributed by atoms with E-state index in [0.29, 0.717) is 18.9 Å². The number of allylic oxidation sites excluding steroid dienone is 12. The van der Waals surface area contributed by atoms with Crippen molar-refractivity contribution in [2.24, 2.45) is 5.92 Å². The van der Waals surface area contributed by atoms with Crippen LogP contribution in [-0.4, -0.2) is 49.4 Å². The number of hydrogen-bond acceptors (Lipinski definition) is 4. The number of methoxy groups -OCH3 is 1. The maximum absolute atomic E-state index is 12.5. The number of nitrogens with one attached hydrogen (secondary N) is 1. The van der Waals surface area contributed by atoms with Gasteiger partial charge >= 0.3 is 5.97 Å². The lowest BCUT2D eigenvalue weighted by Crippen LogP contribution is -2.41. The van der Waals surface area contributed by atoms with E-state index in [1.54, 1.807) is 0 Å². The summed E-state index contributed by atoms with van der Waals surface area (Å²) in [4.78, 5) is 37.2. The third kappa shape index (κ3) is 19.3. The SMILES string of the molecule is CC/C=C\C/C=C\C/C=C\C/C=C\C/C=C\C/C=C\CCC(=O)N1CCC(CNC(=O)/C=C/C(=O)OC)CC1. The highest BCUT2D eigenvalue weighted by atomic mass is 16.5. The zero-order chi connectivity index (χ0) is 28.4. The van der Waals surface area contributed by atoms with Crippen molar-refractivity contribution >= 4 is 17.8 Å². The molecule has 0 saturated carbocycles. The van der Waals surface area contributed by atoms with E-state index >= 15 is 0 Å². The van der Waals surface area contributed by atoms with Crippen LogP contribution in [0.1, 0.15) is 71.1 Å². The monoisotopic (exact) mass is 536 g/mol. The van der Waals surface area contributed by atoms with Crippen LogP contribution in [-0.2, 0) is 19.1 Å². The third-order valence-corrected chi connectivity index (χ3v) is 6.23. The minimum Gasteiger partial charge on any atom is -0.466 e. The predicted molar refractivity (Wildman–Crippen MR) is 161 cm³/mol. The number of rotatable bonds is 18. The van der Waals surface area contributed by atoms with Crippen LogP contribution in [0.15, 0.2) is 85.1 Å². The van der Waals surface area contributed by atoms with Gasteiger partial charge in [0.05, 0.1) is 7.11 Å². The zero-order valence-corrected chi connectivity index (χ0v) is 23.9. The molecule has 1 N–H and O–H groups in total. The van der Waals surface area contributed by atoms with Crippen molar-refractivity contribution in [3.63, 3.8) is 0 Å². The molecule has 1 aliphatic rings. The van der Waals surface area contributed by atoms with Gasteiger partial charge in [-0.1, -0.05) is 79.8 Å². The van der Waals surface area contributed by atoms with Crippen molar-refractivity contribution < 1.29 is 19.1 Å².